The van der Waals surface area contributed by atoms with Crippen molar-refractivity contribution in [3.63, 3.8) is 0 Å². The Labute approximate surface area is 129 Å². The molecular weight excluding hydrogens is 292 g/mol. The Hall–Kier alpha value is -1.46. The van der Waals surface area contributed by atoms with Gasteiger partial charge in [-0.2, -0.15) is 0 Å². The molecule has 116 valence electrons. The second kappa shape index (κ2) is 6.54. The number of hydrogen-bond acceptors (Lipinski definition) is 3. The van der Waals surface area contributed by atoms with Gasteiger partial charge in [0.1, 0.15) is 5.75 Å². The third kappa shape index (κ3) is 4.79. The molecule has 2 rings (SSSR count). The van der Waals surface area contributed by atoms with E-state index < -0.39 is 5.60 Å². The second-order valence-corrected chi connectivity index (χ2v) is 6.30. The maximum absolute atomic E-state index is 11.9. The molecule has 0 aromatic heterocycles. The average Bonchev–Trinajstić information content (AvgIpc) is 2.58. The van der Waals surface area contributed by atoms with E-state index in [0.29, 0.717) is 17.4 Å². The lowest BCUT2D eigenvalue weighted by atomic mass is 10.0. The molecule has 1 heterocycles. The molecule has 5 nitrogen and oxygen atoms in total. The van der Waals surface area contributed by atoms with Gasteiger partial charge < -0.3 is 20.5 Å². The molecule has 3 N–H and O–H groups in total. The van der Waals surface area contributed by atoms with Crippen LogP contribution in [0.25, 0.3) is 0 Å². The fraction of sp³-hybridized carbons (Fsp3) is 0.533. The Balaban J connectivity index is 2.05. The summed E-state index contributed by atoms with van der Waals surface area (Å²) in [6, 6.07) is 5.01. The minimum Gasteiger partial charge on any atom is -0.493 e. The maximum Gasteiger partial charge on any atom is 0.315 e. The van der Waals surface area contributed by atoms with Crippen LogP contribution in [0.3, 0.4) is 0 Å². The number of rotatable bonds is 3. The van der Waals surface area contributed by atoms with Gasteiger partial charge in [0.15, 0.2) is 0 Å². The number of fused-ring (bicyclic) bond motifs is 1. The Morgan fingerprint density at radius 2 is 2.29 bits per heavy atom. The van der Waals surface area contributed by atoms with Gasteiger partial charge in [-0.15, -0.1) is 0 Å². The lowest BCUT2D eigenvalue weighted by Crippen LogP contribution is -2.44. The van der Waals surface area contributed by atoms with Gasteiger partial charge >= 0.3 is 6.03 Å². The molecule has 0 aliphatic carbocycles. The Morgan fingerprint density at radius 3 is 3.00 bits per heavy atom. The topological polar surface area (TPSA) is 70.6 Å². The Kier molecular flexibility index (Phi) is 4.96. The van der Waals surface area contributed by atoms with Gasteiger partial charge in [-0.3, -0.25) is 0 Å². The zero-order valence-corrected chi connectivity index (χ0v) is 13.0. The van der Waals surface area contributed by atoms with E-state index >= 15 is 0 Å². The number of urea groups is 1. The van der Waals surface area contributed by atoms with Crippen molar-refractivity contribution in [3.8, 4) is 5.75 Å². The zero-order valence-electron chi connectivity index (χ0n) is 12.3. The van der Waals surface area contributed by atoms with Crippen LogP contribution >= 0.6 is 11.6 Å². The van der Waals surface area contributed by atoms with Crippen molar-refractivity contribution < 1.29 is 14.6 Å². The highest BCUT2D eigenvalue weighted by atomic mass is 35.5. The highest BCUT2D eigenvalue weighted by Crippen LogP contribution is 2.33. The van der Waals surface area contributed by atoms with Crippen molar-refractivity contribution in [1.82, 2.24) is 10.6 Å². The number of benzene rings is 1. The molecule has 1 aromatic rings. The molecule has 0 fully saturated rings. The summed E-state index contributed by atoms with van der Waals surface area (Å²) >= 11 is 5.98. The minimum atomic E-state index is -0.935. The van der Waals surface area contributed by atoms with Crippen LogP contribution in [0.4, 0.5) is 4.79 Å². The summed E-state index contributed by atoms with van der Waals surface area (Å²) in [5.41, 5.74) is -0.00897. The monoisotopic (exact) mass is 312 g/mol. The SMILES string of the molecule is CC(C)(O)CNC(=O)N[C@H]1CCCOc2cc(Cl)ccc21. The summed E-state index contributed by atoms with van der Waals surface area (Å²) in [6.07, 6.45) is 1.65. The molecule has 0 saturated carbocycles. The van der Waals surface area contributed by atoms with E-state index in [4.69, 9.17) is 16.3 Å². The van der Waals surface area contributed by atoms with Crippen LogP contribution in [0.5, 0.6) is 5.75 Å². The number of aliphatic hydroxyl groups is 1. The van der Waals surface area contributed by atoms with Crippen molar-refractivity contribution in [2.24, 2.45) is 0 Å². The van der Waals surface area contributed by atoms with E-state index in [1.165, 1.54) is 0 Å². The van der Waals surface area contributed by atoms with Gasteiger partial charge in [-0.05, 0) is 38.8 Å². The van der Waals surface area contributed by atoms with Crippen molar-refractivity contribution in [2.75, 3.05) is 13.2 Å². The number of ether oxygens (including phenoxy) is 1. The number of amides is 2. The summed E-state index contributed by atoms with van der Waals surface area (Å²) in [6.45, 7) is 4.08. The quantitative estimate of drug-likeness (QED) is 0.803. The fourth-order valence-corrected chi connectivity index (χ4v) is 2.36. The molecule has 1 aliphatic heterocycles. The van der Waals surface area contributed by atoms with Crippen LogP contribution in [0, 0.1) is 0 Å². The predicted molar refractivity (Wildman–Crippen MR) is 81.8 cm³/mol. The molecule has 0 saturated heterocycles. The normalized spacial score (nSPS) is 18.2. The number of halogens is 1. The largest absolute Gasteiger partial charge is 0.493 e. The van der Waals surface area contributed by atoms with Crippen molar-refractivity contribution in [3.05, 3.63) is 28.8 Å². The van der Waals surface area contributed by atoms with Crippen LogP contribution in [0.2, 0.25) is 5.02 Å². The summed E-state index contributed by atoms with van der Waals surface area (Å²) in [7, 11) is 0. The van der Waals surface area contributed by atoms with Gasteiger partial charge in [0, 0.05) is 17.1 Å². The zero-order chi connectivity index (χ0) is 15.5. The lowest BCUT2D eigenvalue weighted by molar-refractivity contribution is 0.0817. The lowest BCUT2D eigenvalue weighted by Gasteiger charge is -2.21. The van der Waals surface area contributed by atoms with Crippen molar-refractivity contribution in [2.45, 2.75) is 38.3 Å². The number of hydrogen-bond donors (Lipinski definition) is 3. The molecule has 1 aliphatic rings. The van der Waals surface area contributed by atoms with E-state index in [1.54, 1.807) is 26.0 Å². The first-order valence-corrected chi connectivity index (χ1v) is 7.42. The standard InChI is InChI=1S/C15H21ClN2O3/c1-15(2,20)9-17-14(19)18-12-4-3-7-21-13-8-10(16)5-6-11(12)13/h5-6,8,12,20H,3-4,7,9H2,1-2H3,(H2,17,18,19)/t12-/m0/s1. The minimum absolute atomic E-state index is 0.124. The van der Waals surface area contributed by atoms with Crippen LogP contribution < -0.4 is 15.4 Å². The number of nitrogens with one attached hydrogen (secondary N) is 2. The van der Waals surface area contributed by atoms with Gasteiger partial charge in [0.2, 0.25) is 0 Å². The van der Waals surface area contributed by atoms with Gasteiger partial charge in [0.05, 0.1) is 18.2 Å². The summed E-state index contributed by atoms with van der Waals surface area (Å²) in [4.78, 5) is 11.9. The molecule has 0 unspecified atom stereocenters. The predicted octanol–water partition coefficient (Wildman–Crippen LogP) is 2.62. The molecule has 0 spiro atoms. The Morgan fingerprint density at radius 1 is 1.52 bits per heavy atom. The van der Waals surface area contributed by atoms with Gasteiger partial charge in [-0.1, -0.05) is 17.7 Å². The highest BCUT2D eigenvalue weighted by molar-refractivity contribution is 6.30. The Bertz CT molecular complexity index is 514. The molecule has 1 atom stereocenters. The molecular formula is C15H21ClN2O3. The maximum atomic E-state index is 11.9. The van der Waals surface area contributed by atoms with Gasteiger partial charge in [-0.25, -0.2) is 4.79 Å². The second-order valence-electron chi connectivity index (χ2n) is 5.86. The fourth-order valence-electron chi connectivity index (χ4n) is 2.20. The molecule has 1 aromatic carbocycles. The number of carbonyl (C=O) groups is 1. The summed E-state index contributed by atoms with van der Waals surface area (Å²) in [5.74, 6) is 0.716. The molecule has 0 bridgehead atoms. The van der Waals surface area contributed by atoms with Crippen LogP contribution in [0.1, 0.15) is 38.3 Å². The van der Waals surface area contributed by atoms with E-state index in [0.717, 1.165) is 18.4 Å². The first-order chi connectivity index (χ1) is 9.85. The summed E-state index contributed by atoms with van der Waals surface area (Å²) < 4.78 is 5.66. The third-order valence-electron chi connectivity index (χ3n) is 3.23. The third-order valence-corrected chi connectivity index (χ3v) is 3.47. The van der Waals surface area contributed by atoms with Crippen LogP contribution in [-0.4, -0.2) is 29.9 Å². The molecule has 2 amide bonds. The van der Waals surface area contributed by atoms with Crippen LogP contribution in [-0.2, 0) is 0 Å². The average molecular weight is 313 g/mol. The van der Waals surface area contributed by atoms with Gasteiger partial charge in [0.25, 0.3) is 0 Å². The summed E-state index contributed by atoms with van der Waals surface area (Å²) in [5, 5.41) is 15.8. The molecule has 21 heavy (non-hydrogen) atoms. The van der Waals surface area contributed by atoms with Crippen molar-refractivity contribution in [1.29, 1.82) is 0 Å². The van der Waals surface area contributed by atoms with E-state index in [2.05, 4.69) is 10.6 Å². The molecule has 6 heteroatoms. The smallest absolute Gasteiger partial charge is 0.315 e. The number of carbonyl (C=O) groups excluding carboxylic acids is 1. The first-order valence-electron chi connectivity index (χ1n) is 7.04. The first kappa shape index (κ1) is 15.9. The van der Waals surface area contributed by atoms with E-state index in [1.807, 2.05) is 6.07 Å². The van der Waals surface area contributed by atoms with E-state index in [-0.39, 0.29) is 18.6 Å². The highest BCUT2D eigenvalue weighted by Gasteiger charge is 2.22. The van der Waals surface area contributed by atoms with Crippen molar-refractivity contribution >= 4 is 17.6 Å². The molecule has 0 radical (unpaired) electrons. The van der Waals surface area contributed by atoms with E-state index in [9.17, 15) is 9.90 Å². The van der Waals surface area contributed by atoms with Crippen LogP contribution in [0.15, 0.2) is 18.2 Å².